The molecule has 0 unspecified atom stereocenters. The van der Waals surface area contributed by atoms with Crippen molar-refractivity contribution >= 4 is 104 Å². The van der Waals surface area contributed by atoms with Crippen LogP contribution in [-0.4, -0.2) is 276 Å². The van der Waals surface area contributed by atoms with Gasteiger partial charge in [-0.25, -0.2) is 34.7 Å². The Labute approximate surface area is 748 Å². The summed E-state index contributed by atoms with van der Waals surface area (Å²) in [5.41, 5.74) is 10.6. The Morgan fingerprint density at radius 3 is 1.12 bits per heavy atom. The Hall–Kier alpha value is -9.70. The number of nitrogens with zero attached hydrogens (tertiary/aromatic N) is 18. The lowest BCUT2D eigenvalue weighted by Crippen LogP contribution is -2.49. The summed E-state index contributed by atoms with van der Waals surface area (Å²) in [4.78, 5) is 80.8. The second-order valence-electron chi connectivity index (χ2n) is 35.6. The molecule has 6 aliphatic heterocycles. The number of phenols is 2. The van der Waals surface area contributed by atoms with Gasteiger partial charge >= 0.3 is 5.97 Å². The molecule has 3 saturated heterocycles. The van der Waals surface area contributed by atoms with Crippen molar-refractivity contribution in [2.45, 2.75) is 117 Å². The molecule has 6 aliphatic rings. The number of methoxy groups -OCH3 is 1. The molecule has 15 rings (SSSR count). The van der Waals surface area contributed by atoms with E-state index < -0.39 is 5.97 Å². The van der Waals surface area contributed by atoms with Gasteiger partial charge in [-0.2, -0.15) is 0 Å². The zero-order valence-corrected chi connectivity index (χ0v) is 77.5. The standard InChI is InChI=1S/C33H45N7O2.C30H41N5O2.C28H37N5O.C6H11NO2.2ClH/c1-24(22-37(4)5)19-31-34-29-23-40(30-21-26(41)20-25-9-6-7-10-27(25)30)14-12-28(29)33(35-31)39-17-15-38(16-18-39)32(42)11-8-13-36(2)3;1-22(19-33(2)3)16-29-31-27-20-35(15-12-26(27)30(32-29)34-13-8-5-9-14-34)28-18-24(37-21-36-4)17-23-10-6-7-11-25(23)28;1-20(18-31(2)3)15-27-29-25-19-33(26-17-22(34)16-21-9-5-6-10-23(21)26)14-11-24(25)28(30-27)32-12-7-4-8-13-32;1-7(2)5-3-4-6(8)9;;/h6-11,20-21,24,41H,12-19,22-23H2,1-5H3;6-7,10-11,17-18,22H,5,8-9,12-16,19-21H2,1-4H3;5-6,9-10,16-17,20,34H,4,7-8,11-15,18-19H2,1-3H3;3-4H,5H2,1-2H3,(H,8,9);2*1H/b11-8+;;;4-3+;;/t24-;22-;20-;;;/m000.../s1. The van der Waals surface area contributed by atoms with Gasteiger partial charge in [-0.15, -0.1) is 24.8 Å². The first-order chi connectivity index (χ1) is 58.8. The lowest BCUT2D eigenvalue weighted by Gasteiger charge is -2.38. The van der Waals surface area contributed by atoms with Gasteiger partial charge in [0.15, 0.2) is 6.79 Å². The normalized spacial score (nSPS) is 16.2. The number of likely N-dealkylation sites (N-methyl/N-ethyl adjacent to an activating group) is 2. The summed E-state index contributed by atoms with van der Waals surface area (Å²) in [5, 5.41) is 35.8. The van der Waals surface area contributed by atoms with E-state index in [1.165, 1.54) is 94.4 Å². The molecule has 124 heavy (non-hydrogen) atoms. The molecule has 6 aromatic carbocycles. The fourth-order valence-electron chi connectivity index (χ4n) is 18.0. The highest BCUT2D eigenvalue weighted by Gasteiger charge is 2.33. The van der Waals surface area contributed by atoms with E-state index in [-0.39, 0.29) is 43.3 Å². The number of carboxylic acid groups (broad SMARTS) is 1. The number of hydrogen-bond donors (Lipinski definition) is 3. The van der Waals surface area contributed by atoms with Crippen LogP contribution in [0.4, 0.5) is 34.5 Å². The van der Waals surface area contributed by atoms with E-state index in [1.807, 2.05) is 97.5 Å². The molecule has 3 N–H and O–H groups in total. The molecular formula is C97H136Cl2N18O7. The first kappa shape index (κ1) is 96.5. The minimum Gasteiger partial charge on any atom is -0.508 e. The van der Waals surface area contributed by atoms with E-state index >= 15 is 0 Å². The topological polar surface area (TPSA) is 230 Å². The maximum Gasteiger partial charge on any atom is 0.328 e. The number of fused-ring (bicyclic) bond motifs is 6. The van der Waals surface area contributed by atoms with Crippen LogP contribution >= 0.6 is 24.8 Å². The van der Waals surface area contributed by atoms with Crippen molar-refractivity contribution in [2.24, 2.45) is 17.8 Å². The van der Waals surface area contributed by atoms with Gasteiger partial charge in [-0.3, -0.25) is 4.79 Å². The predicted octanol–water partition coefficient (Wildman–Crippen LogP) is 14.0. The van der Waals surface area contributed by atoms with Gasteiger partial charge in [0.1, 0.15) is 52.2 Å². The number of aromatic hydroxyl groups is 2. The summed E-state index contributed by atoms with van der Waals surface area (Å²) in [6, 6.07) is 36.8. The Morgan fingerprint density at radius 2 is 0.766 bits per heavy atom. The summed E-state index contributed by atoms with van der Waals surface area (Å²) < 4.78 is 11.0. The van der Waals surface area contributed by atoms with Gasteiger partial charge in [0.2, 0.25) is 5.91 Å². The number of aromatic nitrogens is 6. The number of carbonyl (C=O) groups is 2. The number of rotatable bonds is 27. The molecule has 670 valence electrons. The predicted molar refractivity (Wildman–Crippen MR) is 511 cm³/mol. The highest BCUT2D eigenvalue weighted by Crippen LogP contribution is 2.41. The number of aliphatic carboxylic acids is 1. The molecule has 27 heteroatoms. The van der Waals surface area contributed by atoms with E-state index in [4.69, 9.17) is 44.5 Å². The van der Waals surface area contributed by atoms with Crippen molar-refractivity contribution in [3.8, 4) is 17.2 Å². The number of carboxylic acids is 1. The molecule has 3 atom stereocenters. The minimum absolute atomic E-state index is 0. The molecule has 0 aliphatic carbocycles. The molecule has 9 aromatic rings. The number of phenolic OH excluding ortho intramolecular Hbond substituents is 2. The molecule has 0 spiro atoms. The van der Waals surface area contributed by atoms with E-state index in [0.717, 1.165) is 211 Å². The Balaban J connectivity index is 0.000000184. The minimum atomic E-state index is -0.892. The van der Waals surface area contributed by atoms with E-state index in [9.17, 15) is 19.8 Å². The van der Waals surface area contributed by atoms with Gasteiger partial charge < -0.3 is 83.6 Å². The highest BCUT2D eigenvalue weighted by atomic mass is 35.5. The van der Waals surface area contributed by atoms with E-state index in [0.29, 0.717) is 49.7 Å². The number of hydrogen-bond acceptors (Lipinski definition) is 23. The summed E-state index contributed by atoms with van der Waals surface area (Å²) in [5.74, 6) is 8.26. The van der Waals surface area contributed by atoms with Crippen molar-refractivity contribution in [1.82, 2.24) is 59.3 Å². The summed E-state index contributed by atoms with van der Waals surface area (Å²) in [6.07, 6.45) is 19.3. The fourth-order valence-corrected chi connectivity index (χ4v) is 18.0. The first-order valence-corrected chi connectivity index (χ1v) is 44.1. The first-order valence-electron chi connectivity index (χ1n) is 44.1. The van der Waals surface area contributed by atoms with Crippen molar-refractivity contribution in [2.75, 3.05) is 218 Å². The van der Waals surface area contributed by atoms with Gasteiger partial charge in [-0.05, 0) is 180 Å². The lowest BCUT2D eigenvalue weighted by molar-refractivity contribution is -0.131. The molecular weight excluding hydrogens is 1600 g/mol. The third-order valence-corrected chi connectivity index (χ3v) is 23.4. The van der Waals surface area contributed by atoms with Gasteiger partial charge in [-0.1, -0.05) is 106 Å². The highest BCUT2D eigenvalue weighted by molar-refractivity contribution is 5.98. The zero-order valence-electron chi connectivity index (χ0n) is 75.9. The van der Waals surface area contributed by atoms with Crippen molar-refractivity contribution in [3.05, 3.63) is 185 Å². The van der Waals surface area contributed by atoms with Crippen LogP contribution in [0.15, 0.2) is 133 Å². The number of ether oxygens (including phenoxy) is 2. The lowest BCUT2D eigenvalue weighted by atomic mass is 10.00. The second-order valence-corrected chi connectivity index (χ2v) is 35.6. The van der Waals surface area contributed by atoms with Crippen LogP contribution in [0, 0.1) is 17.8 Å². The van der Waals surface area contributed by atoms with Crippen LogP contribution in [-0.2, 0) is 72.5 Å². The van der Waals surface area contributed by atoms with E-state index in [2.05, 4.69) is 168 Å². The van der Waals surface area contributed by atoms with Gasteiger partial charge in [0.25, 0.3) is 0 Å². The zero-order chi connectivity index (χ0) is 86.5. The Kier molecular flexibility index (Phi) is 36.2. The smallest absolute Gasteiger partial charge is 0.328 e. The van der Waals surface area contributed by atoms with Gasteiger partial charge in [0.05, 0.1) is 36.7 Å². The average Bonchev–Trinajstić information content (AvgIpc) is 0.773. The third-order valence-electron chi connectivity index (χ3n) is 23.4. The maximum atomic E-state index is 12.8. The number of anilines is 6. The Morgan fingerprint density at radius 1 is 0.419 bits per heavy atom. The second kappa shape index (κ2) is 46.5. The largest absolute Gasteiger partial charge is 0.508 e. The van der Waals surface area contributed by atoms with E-state index in [1.54, 1.807) is 19.3 Å². The molecule has 0 bridgehead atoms. The van der Waals surface area contributed by atoms with Crippen LogP contribution in [0.25, 0.3) is 32.3 Å². The number of amides is 1. The Bertz CT molecular complexity index is 5030. The number of piperidine rings is 2. The number of halogens is 2. The average molecular weight is 1740 g/mol. The maximum absolute atomic E-state index is 12.8. The fraction of sp³-hybridized carbons (Fsp3) is 0.505. The number of carbonyl (C=O) groups excluding carboxylic acids is 1. The van der Waals surface area contributed by atoms with Crippen molar-refractivity contribution in [1.29, 1.82) is 0 Å². The number of piperazine rings is 1. The molecule has 3 fully saturated rings. The van der Waals surface area contributed by atoms with Crippen LogP contribution in [0.3, 0.4) is 0 Å². The molecule has 0 radical (unpaired) electrons. The third kappa shape index (κ3) is 26.7. The van der Waals surface area contributed by atoms with Gasteiger partial charge in [0, 0.05) is 211 Å². The van der Waals surface area contributed by atoms with Crippen molar-refractivity contribution < 1.29 is 34.4 Å². The summed E-state index contributed by atoms with van der Waals surface area (Å²) in [6.45, 7) is 23.7. The van der Waals surface area contributed by atoms with Crippen LogP contribution in [0.2, 0.25) is 0 Å². The summed E-state index contributed by atoms with van der Waals surface area (Å²) in [7, 11) is 22.1. The SMILES string of the molecule is CN(C)C/C=C/C(=O)O.COCOc1cc(N2CCc3c(nc(C[C@H](C)CN(C)C)nc3N3CCCCC3)C2)c2ccccc2c1.C[C@@H](Cc1nc2c(c(N3CCCCC3)n1)CCN(c1cc(O)cc3ccccc13)C2)CN(C)C.C[C@@H](Cc1nc2c(c(N3CCN(C(=O)/C=C/CN(C)C)CC3)n1)CCN(c1cc(O)cc3ccccc13)C2)CN(C)C.Cl.Cl. The molecule has 25 nitrogen and oxygen atoms in total. The van der Waals surface area contributed by atoms with Crippen LogP contribution in [0.5, 0.6) is 17.2 Å². The van der Waals surface area contributed by atoms with Crippen LogP contribution in [0.1, 0.15) is 111 Å². The summed E-state index contributed by atoms with van der Waals surface area (Å²) >= 11 is 0. The molecule has 9 heterocycles. The monoisotopic (exact) mass is 1740 g/mol. The molecule has 3 aromatic heterocycles. The number of benzene rings is 6. The quantitative estimate of drug-likeness (QED) is 0.0321. The molecule has 1 amide bonds. The molecule has 0 saturated carbocycles. The van der Waals surface area contributed by atoms with Crippen molar-refractivity contribution in [3.63, 3.8) is 0 Å². The van der Waals surface area contributed by atoms with Crippen LogP contribution < -0.4 is 34.1 Å².